The maximum absolute atomic E-state index is 12.9. The van der Waals surface area contributed by atoms with E-state index in [2.05, 4.69) is 15.4 Å². The number of para-hydroxylation sites is 1. The van der Waals surface area contributed by atoms with Crippen LogP contribution < -0.4 is 15.4 Å². The van der Waals surface area contributed by atoms with Crippen LogP contribution in [0.15, 0.2) is 52.3 Å². The number of hydrogen-bond donors (Lipinski definition) is 3. The lowest BCUT2D eigenvalue weighted by molar-refractivity contribution is -0.114. The summed E-state index contributed by atoms with van der Waals surface area (Å²) >= 11 is 1.39. The smallest absolute Gasteiger partial charge is 0.261 e. The van der Waals surface area contributed by atoms with Crippen molar-refractivity contribution in [3.05, 3.63) is 48.0 Å². The van der Waals surface area contributed by atoms with Gasteiger partial charge in [-0.25, -0.2) is 8.42 Å². The minimum absolute atomic E-state index is 0.0231. The molecule has 0 aliphatic carbocycles. The lowest BCUT2D eigenvalue weighted by Gasteiger charge is -2.21. The van der Waals surface area contributed by atoms with E-state index in [0.717, 1.165) is 4.90 Å². The molecule has 29 heavy (non-hydrogen) atoms. The zero-order valence-corrected chi connectivity index (χ0v) is 18.6. The Kier molecular flexibility index (Phi) is 6.97. The van der Waals surface area contributed by atoms with E-state index in [1.54, 1.807) is 24.3 Å². The van der Waals surface area contributed by atoms with Crippen molar-refractivity contribution in [2.75, 3.05) is 16.3 Å². The third kappa shape index (κ3) is 6.23. The third-order valence-electron chi connectivity index (χ3n) is 3.70. The minimum Gasteiger partial charge on any atom is -0.347 e. The summed E-state index contributed by atoms with van der Waals surface area (Å²) in [5.41, 5.74) is 0.328. The molecular weight excluding hydrogens is 410 g/mol. The first kappa shape index (κ1) is 22.8. The Morgan fingerprint density at radius 3 is 2.24 bits per heavy atom. The van der Waals surface area contributed by atoms with Gasteiger partial charge in [0.1, 0.15) is 0 Å². The number of carbonyl (C=O) groups is 2. The summed E-state index contributed by atoms with van der Waals surface area (Å²) in [6.45, 7) is 6.88. The van der Waals surface area contributed by atoms with Gasteiger partial charge in [-0.1, -0.05) is 12.1 Å². The molecule has 2 aromatic carbocycles. The van der Waals surface area contributed by atoms with E-state index < -0.39 is 15.6 Å². The Bertz CT molecular complexity index is 1030. The molecule has 0 saturated heterocycles. The van der Waals surface area contributed by atoms with Gasteiger partial charge in [-0.05, 0) is 57.4 Å². The average molecular weight is 436 g/mol. The third-order valence-corrected chi connectivity index (χ3v) is 5.86. The van der Waals surface area contributed by atoms with Crippen LogP contribution in [-0.2, 0) is 14.8 Å². The van der Waals surface area contributed by atoms with Crippen molar-refractivity contribution >= 4 is 45.0 Å². The number of amides is 2. The van der Waals surface area contributed by atoms with Crippen molar-refractivity contribution in [2.45, 2.75) is 43.0 Å². The second-order valence-electron chi connectivity index (χ2n) is 7.40. The largest absolute Gasteiger partial charge is 0.347 e. The van der Waals surface area contributed by atoms with Crippen LogP contribution in [0.25, 0.3) is 0 Å². The van der Waals surface area contributed by atoms with Crippen molar-refractivity contribution in [2.24, 2.45) is 0 Å². The van der Waals surface area contributed by atoms with E-state index in [1.165, 1.54) is 36.9 Å². The van der Waals surface area contributed by atoms with E-state index >= 15 is 0 Å². The number of thioether (sulfide) groups is 1. The molecule has 0 aliphatic heterocycles. The second kappa shape index (κ2) is 8.87. The van der Waals surface area contributed by atoms with E-state index in [1.807, 2.05) is 27.0 Å². The number of anilines is 2. The molecule has 2 rings (SSSR count). The van der Waals surface area contributed by atoms with E-state index in [4.69, 9.17) is 0 Å². The van der Waals surface area contributed by atoms with Gasteiger partial charge in [-0.2, -0.15) is 0 Å². The first-order valence-electron chi connectivity index (χ1n) is 8.83. The fourth-order valence-electron chi connectivity index (χ4n) is 2.52. The number of carbonyl (C=O) groups excluding carboxylic acids is 2. The molecule has 0 saturated carbocycles. The van der Waals surface area contributed by atoms with Crippen molar-refractivity contribution in [1.29, 1.82) is 0 Å². The maximum Gasteiger partial charge on any atom is 0.261 e. The summed E-state index contributed by atoms with van der Waals surface area (Å²) in [6, 6.07) is 10.9. The number of hydrogen-bond acceptors (Lipinski definition) is 5. The molecule has 156 valence electrons. The zero-order chi connectivity index (χ0) is 21.8. The highest BCUT2D eigenvalue weighted by Crippen LogP contribution is 2.29. The summed E-state index contributed by atoms with van der Waals surface area (Å²) in [4.78, 5) is 24.7. The molecule has 2 amide bonds. The molecule has 7 nitrogen and oxygen atoms in total. The SMILES string of the molecule is CSc1ccc(S(=O)(=O)Nc2ccccc2C(=O)NC(C)(C)C)cc1NC(C)=O. The Morgan fingerprint density at radius 2 is 1.66 bits per heavy atom. The van der Waals surface area contributed by atoms with Crippen molar-refractivity contribution < 1.29 is 18.0 Å². The van der Waals surface area contributed by atoms with Crippen molar-refractivity contribution in [3.8, 4) is 0 Å². The Labute approximate surface area is 175 Å². The van der Waals surface area contributed by atoms with E-state index in [-0.39, 0.29) is 28.0 Å². The molecule has 0 aliphatic rings. The Hall–Kier alpha value is -2.52. The number of sulfonamides is 1. The second-order valence-corrected chi connectivity index (χ2v) is 9.93. The van der Waals surface area contributed by atoms with Gasteiger partial charge in [-0.3, -0.25) is 14.3 Å². The predicted molar refractivity (Wildman–Crippen MR) is 117 cm³/mol. The number of nitrogens with one attached hydrogen (secondary N) is 3. The van der Waals surface area contributed by atoms with Crippen LogP contribution in [0.2, 0.25) is 0 Å². The highest BCUT2D eigenvalue weighted by molar-refractivity contribution is 7.98. The molecule has 0 aromatic heterocycles. The lowest BCUT2D eigenvalue weighted by Crippen LogP contribution is -2.40. The molecule has 9 heteroatoms. The predicted octanol–water partition coefficient (Wildman–Crippen LogP) is 3.70. The number of benzene rings is 2. The van der Waals surface area contributed by atoms with Gasteiger partial charge in [0.15, 0.2) is 0 Å². The standard InChI is InChI=1S/C20H25N3O4S2/c1-13(24)21-17-12-14(10-11-18(17)28-5)29(26,27)23-16-9-7-6-8-15(16)19(25)22-20(2,3)4/h6-12,23H,1-5H3,(H,21,24)(H,22,25). The zero-order valence-electron chi connectivity index (χ0n) is 17.0. The molecule has 3 N–H and O–H groups in total. The Balaban J connectivity index is 2.40. The molecular formula is C20H25N3O4S2. The van der Waals surface area contributed by atoms with Gasteiger partial charge in [0.25, 0.3) is 15.9 Å². The maximum atomic E-state index is 12.9. The summed E-state index contributed by atoms with van der Waals surface area (Å²) in [7, 11) is -3.99. The van der Waals surface area contributed by atoms with E-state index in [0.29, 0.717) is 5.69 Å². The van der Waals surface area contributed by atoms with Crippen molar-refractivity contribution in [1.82, 2.24) is 5.32 Å². The van der Waals surface area contributed by atoms with Gasteiger partial charge >= 0.3 is 0 Å². The Morgan fingerprint density at radius 1 is 1.00 bits per heavy atom. The van der Waals surface area contributed by atoms with Crippen LogP contribution in [0.1, 0.15) is 38.1 Å². The van der Waals surface area contributed by atoms with Crippen LogP contribution >= 0.6 is 11.8 Å². The fraction of sp³-hybridized carbons (Fsp3) is 0.300. The monoisotopic (exact) mass is 435 g/mol. The first-order chi connectivity index (χ1) is 13.4. The van der Waals surface area contributed by atoms with Gasteiger partial charge in [0.2, 0.25) is 5.91 Å². The molecule has 2 aromatic rings. The fourth-order valence-corrected chi connectivity index (χ4v) is 4.16. The van der Waals surface area contributed by atoms with Crippen LogP contribution in [0, 0.1) is 0 Å². The summed E-state index contributed by atoms with van der Waals surface area (Å²) in [6.07, 6.45) is 1.83. The minimum atomic E-state index is -3.99. The molecule has 0 heterocycles. The van der Waals surface area contributed by atoms with Crippen LogP contribution in [-0.4, -0.2) is 32.0 Å². The molecule has 0 spiro atoms. The molecule has 0 fully saturated rings. The lowest BCUT2D eigenvalue weighted by atomic mass is 10.1. The normalized spacial score (nSPS) is 11.6. The van der Waals surface area contributed by atoms with Crippen molar-refractivity contribution in [3.63, 3.8) is 0 Å². The average Bonchev–Trinajstić information content (AvgIpc) is 2.59. The highest BCUT2D eigenvalue weighted by atomic mass is 32.2. The molecule has 0 unspecified atom stereocenters. The topological polar surface area (TPSA) is 104 Å². The molecule has 0 bridgehead atoms. The van der Waals surface area contributed by atoms with Crippen LogP contribution in [0.5, 0.6) is 0 Å². The van der Waals surface area contributed by atoms with Gasteiger partial charge < -0.3 is 10.6 Å². The summed E-state index contributed by atoms with van der Waals surface area (Å²) in [5, 5.41) is 5.46. The van der Waals surface area contributed by atoms with Crippen LogP contribution in [0.4, 0.5) is 11.4 Å². The van der Waals surface area contributed by atoms with Gasteiger partial charge in [0.05, 0.1) is 21.8 Å². The summed E-state index contributed by atoms with van der Waals surface area (Å²) < 4.78 is 28.4. The van der Waals surface area contributed by atoms with E-state index in [9.17, 15) is 18.0 Å². The summed E-state index contributed by atoms with van der Waals surface area (Å²) in [5.74, 6) is -0.681. The molecule has 0 radical (unpaired) electrons. The molecule has 0 atom stereocenters. The highest BCUT2D eigenvalue weighted by Gasteiger charge is 2.22. The van der Waals surface area contributed by atoms with Gasteiger partial charge in [-0.15, -0.1) is 11.8 Å². The van der Waals surface area contributed by atoms with Crippen LogP contribution in [0.3, 0.4) is 0 Å². The quantitative estimate of drug-likeness (QED) is 0.600. The first-order valence-corrected chi connectivity index (χ1v) is 11.5. The number of rotatable bonds is 6. The van der Waals surface area contributed by atoms with Gasteiger partial charge in [0, 0.05) is 17.4 Å².